The fourth-order valence-electron chi connectivity index (χ4n) is 1.97. The van der Waals surface area contributed by atoms with Crippen LogP contribution in [0.4, 0.5) is 5.69 Å². The second-order valence-electron chi connectivity index (χ2n) is 4.75. The molecule has 1 aliphatic carbocycles. The van der Waals surface area contributed by atoms with E-state index in [1.54, 1.807) is 0 Å². The standard InChI is InChI=1S/C14H20N2O2/c1-2-14(7-8-14)13(17)16-11-3-5-12(6-4-11)18-10-9-15/h3-6H,2,7-10,15H2,1H3,(H,16,17). The van der Waals surface area contributed by atoms with Gasteiger partial charge in [0.05, 0.1) is 0 Å². The van der Waals surface area contributed by atoms with Gasteiger partial charge in [0.2, 0.25) is 5.91 Å². The van der Waals surface area contributed by atoms with Crippen molar-refractivity contribution in [2.24, 2.45) is 11.1 Å². The number of carbonyl (C=O) groups is 1. The van der Waals surface area contributed by atoms with Gasteiger partial charge < -0.3 is 15.8 Å². The van der Waals surface area contributed by atoms with Gasteiger partial charge in [0.1, 0.15) is 12.4 Å². The Morgan fingerprint density at radius 2 is 2.06 bits per heavy atom. The van der Waals surface area contributed by atoms with Gasteiger partial charge in [-0.05, 0) is 43.5 Å². The highest BCUT2D eigenvalue weighted by Crippen LogP contribution is 2.49. The first-order valence-electron chi connectivity index (χ1n) is 6.44. The van der Waals surface area contributed by atoms with E-state index in [1.807, 2.05) is 24.3 Å². The Hall–Kier alpha value is -1.55. The van der Waals surface area contributed by atoms with E-state index < -0.39 is 0 Å². The number of nitrogens with two attached hydrogens (primary N) is 1. The molecule has 0 radical (unpaired) electrons. The van der Waals surface area contributed by atoms with Crippen molar-refractivity contribution in [1.82, 2.24) is 0 Å². The summed E-state index contributed by atoms with van der Waals surface area (Å²) in [6.45, 7) is 3.07. The topological polar surface area (TPSA) is 64.3 Å². The maximum Gasteiger partial charge on any atom is 0.230 e. The van der Waals surface area contributed by atoms with Crippen LogP contribution in [0.1, 0.15) is 26.2 Å². The van der Waals surface area contributed by atoms with E-state index in [-0.39, 0.29) is 11.3 Å². The average Bonchev–Trinajstić information content (AvgIpc) is 3.19. The molecule has 4 nitrogen and oxygen atoms in total. The summed E-state index contributed by atoms with van der Waals surface area (Å²) in [5.74, 6) is 0.913. The Morgan fingerprint density at radius 1 is 1.39 bits per heavy atom. The molecule has 1 fully saturated rings. The van der Waals surface area contributed by atoms with Crippen molar-refractivity contribution in [1.29, 1.82) is 0 Å². The molecule has 98 valence electrons. The third kappa shape index (κ3) is 2.82. The van der Waals surface area contributed by atoms with Gasteiger partial charge in [-0.1, -0.05) is 6.92 Å². The summed E-state index contributed by atoms with van der Waals surface area (Å²) >= 11 is 0. The third-order valence-corrected chi connectivity index (χ3v) is 3.51. The van der Waals surface area contributed by atoms with Crippen molar-refractivity contribution in [3.63, 3.8) is 0 Å². The monoisotopic (exact) mass is 248 g/mol. The van der Waals surface area contributed by atoms with Gasteiger partial charge in [-0.2, -0.15) is 0 Å². The van der Waals surface area contributed by atoms with E-state index >= 15 is 0 Å². The Morgan fingerprint density at radius 3 is 2.56 bits per heavy atom. The zero-order valence-corrected chi connectivity index (χ0v) is 10.7. The van der Waals surface area contributed by atoms with E-state index in [4.69, 9.17) is 10.5 Å². The summed E-state index contributed by atoms with van der Waals surface area (Å²) in [7, 11) is 0. The number of benzene rings is 1. The van der Waals surface area contributed by atoms with Crippen LogP contribution in [0.5, 0.6) is 5.75 Å². The number of hydrogen-bond acceptors (Lipinski definition) is 3. The fourth-order valence-corrected chi connectivity index (χ4v) is 1.97. The molecule has 3 N–H and O–H groups in total. The summed E-state index contributed by atoms with van der Waals surface area (Å²) in [5, 5.41) is 2.96. The SMILES string of the molecule is CCC1(C(=O)Nc2ccc(OCCN)cc2)CC1. The van der Waals surface area contributed by atoms with Gasteiger partial charge in [0, 0.05) is 17.6 Å². The van der Waals surface area contributed by atoms with Crippen LogP contribution in [-0.2, 0) is 4.79 Å². The number of carbonyl (C=O) groups excluding carboxylic acids is 1. The first-order valence-corrected chi connectivity index (χ1v) is 6.44. The van der Waals surface area contributed by atoms with Crippen LogP contribution < -0.4 is 15.8 Å². The predicted molar refractivity (Wildman–Crippen MR) is 71.6 cm³/mol. The lowest BCUT2D eigenvalue weighted by molar-refractivity contribution is -0.121. The average molecular weight is 248 g/mol. The molecule has 0 spiro atoms. The minimum absolute atomic E-state index is 0.102. The van der Waals surface area contributed by atoms with Crippen molar-refractivity contribution >= 4 is 11.6 Å². The lowest BCUT2D eigenvalue weighted by Crippen LogP contribution is -2.23. The van der Waals surface area contributed by atoms with E-state index in [0.717, 1.165) is 30.7 Å². The number of hydrogen-bond donors (Lipinski definition) is 2. The first-order chi connectivity index (χ1) is 8.70. The molecule has 4 heteroatoms. The highest BCUT2D eigenvalue weighted by molar-refractivity contribution is 5.97. The Labute approximate surface area is 108 Å². The maximum absolute atomic E-state index is 12.0. The molecular weight excluding hydrogens is 228 g/mol. The molecule has 0 unspecified atom stereocenters. The quantitative estimate of drug-likeness (QED) is 0.810. The lowest BCUT2D eigenvalue weighted by atomic mass is 10.0. The molecule has 0 aliphatic heterocycles. The van der Waals surface area contributed by atoms with Crippen LogP contribution in [0.25, 0.3) is 0 Å². The van der Waals surface area contributed by atoms with Gasteiger partial charge in [-0.25, -0.2) is 0 Å². The lowest BCUT2D eigenvalue weighted by Gasteiger charge is -2.13. The molecule has 1 amide bonds. The van der Waals surface area contributed by atoms with Crippen molar-refractivity contribution in [2.75, 3.05) is 18.5 Å². The molecular formula is C14H20N2O2. The van der Waals surface area contributed by atoms with Gasteiger partial charge in [-0.3, -0.25) is 4.79 Å². The summed E-state index contributed by atoms with van der Waals surface area (Å²) in [5.41, 5.74) is 6.08. The molecule has 0 heterocycles. The van der Waals surface area contributed by atoms with E-state index in [2.05, 4.69) is 12.2 Å². The molecule has 1 saturated carbocycles. The fraction of sp³-hybridized carbons (Fsp3) is 0.500. The van der Waals surface area contributed by atoms with Gasteiger partial charge in [0.25, 0.3) is 0 Å². The van der Waals surface area contributed by atoms with Crippen molar-refractivity contribution in [3.8, 4) is 5.75 Å². The highest BCUT2D eigenvalue weighted by Gasteiger charge is 2.47. The van der Waals surface area contributed by atoms with Crippen LogP contribution >= 0.6 is 0 Å². The maximum atomic E-state index is 12.0. The molecule has 1 aliphatic rings. The number of ether oxygens (including phenoxy) is 1. The van der Waals surface area contributed by atoms with Crippen LogP contribution in [0, 0.1) is 5.41 Å². The van der Waals surface area contributed by atoms with Gasteiger partial charge in [-0.15, -0.1) is 0 Å². The van der Waals surface area contributed by atoms with E-state index in [1.165, 1.54) is 0 Å². The Kier molecular flexibility index (Phi) is 3.87. The smallest absolute Gasteiger partial charge is 0.230 e. The van der Waals surface area contributed by atoms with Crippen molar-refractivity contribution in [3.05, 3.63) is 24.3 Å². The van der Waals surface area contributed by atoms with Crippen LogP contribution in [0.15, 0.2) is 24.3 Å². The molecule has 18 heavy (non-hydrogen) atoms. The van der Waals surface area contributed by atoms with Crippen LogP contribution in [0.2, 0.25) is 0 Å². The molecule has 1 aromatic rings. The largest absolute Gasteiger partial charge is 0.492 e. The minimum Gasteiger partial charge on any atom is -0.492 e. The molecule has 0 atom stereocenters. The number of anilines is 1. The van der Waals surface area contributed by atoms with Gasteiger partial charge >= 0.3 is 0 Å². The van der Waals surface area contributed by atoms with Crippen molar-refractivity contribution < 1.29 is 9.53 Å². The molecule has 0 bridgehead atoms. The first kappa shape index (κ1) is 12.9. The van der Waals surface area contributed by atoms with Crippen molar-refractivity contribution in [2.45, 2.75) is 26.2 Å². The molecule has 0 aromatic heterocycles. The Balaban J connectivity index is 1.92. The molecule has 0 saturated heterocycles. The molecule has 2 rings (SSSR count). The predicted octanol–water partition coefficient (Wildman–Crippen LogP) is 2.15. The highest BCUT2D eigenvalue weighted by atomic mass is 16.5. The second kappa shape index (κ2) is 5.40. The van der Waals surface area contributed by atoms with E-state index in [0.29, 0.717) is 13.2 Å². The van der Waals surface area contributed by atoms with Gasteiger partial charge in [0.15, 0.2) is 0 Å². The summed E-state index contributed by atoms with van der Waals surface area (Å²) < 4.78 is 5.38. The normalized spacial score (nSPS) is 16.1. The molecule has 1 aromatic carbocycles. The Bertz CT molecular complexity index is 410. The zero-order valence-electron chi connectivity index (χ0n) is 10.7. The zero-order chi connectivity index (χ0) is 13.0. The second-order valence-corrected chi connectivity index (χ2v) is 4.75. The van der Waals surface area contributed by atoms with Crippen LogP contribution in [-0.4, -0.2) is 19.1 Å². The summed E-state index contributed by atoms with van der Waals surface area (Å²) in [6.07, 6.45) is 2.93. The van der Waals surface area contributed by atoms with E-state index in [9.17, 15) is 4.79 Å². The number of amides is 1. The van der Waals surface area contributed by atoms with Crippen LogP contribution in [0.3, 0.4) is 0 Å². The summed E-state index contributed by atoms with van der Waals surface area (Å²) in [4.78, 5) is 12.0. The number of nitrogens with one attached hydrogen (secondary N) is 1. The minimum atomic E-state index is -0.102. The number of rotatable bonds is 6. The summed E-state index contributed by atoms with van der Waals surface area (Å²) in [6, 6.07) is 7.40. The third-order valence-electron chi connectivity index (χ3n) is 3.51.